The predicted molar refractivity (Wildman–Crippen MR) is 64.8 cm³/mol. The molecule has 0 aromatic carbocycles. The number of anilines is 2. The number of hydrogen-bond acceptors (Lipinski definition) is 5. The maximum atomic E-state index is 11.5. The highest BCUT2D eigenvalue weighted by molar-refractivity contribution is 7.19. The maximum absolute atomic E-state index is 11.5. The molecule has 2 amide bonds. The summed E-state index contributed by atoms with van der Waals surface area (Å²) >= 11 is 1.12. The monoisotopic (exact) mass is 242 g/mol. The lowest BCUT2D eigenvalue weighted by molar-refractivity contribution is 0.0967. The molecular weight excluding hydrogens is 228 g/mol. The van der Waals surface area contributed by atoms with Gasteiger partial charge in [-0.3, -0.25) is 9.59 Å². The van der Waals surface area contributed by atoms with Gasteiger partial charge in [0.2, 0.25) is 0 Å². The van der Waals surface area contributed by atoms with Crippen molar-refractivity contribution in [3.63, 3.8) is 0 Å². The smallest absolute Gasteiger partial charge is 0.263 e. The third kappa shape index (κ3) is 2.08. The van der Waals surface area contributed by atoms with E-state index in [-0.39, 0.29) is 17.2 Å². The molecule has 1 rings (SSSR count). The molecule has 6 nitrogen and oxygen atoms in total. The second kappa shape index (κ2) is 4.84. The fraction of sp³-hybridized carbons (Fsp3) is 0.333. The third-order valence-corrected chi connectivity index (χ3v) is 3.12. The molecule has 0 aliphatic rings. The Kier molecular flexibility index (Phi) is 3.73. The number of carbonyl (C=O) groups is 2. The van der Waals surface area contributed by atoms with E-state index in [9.17, 15) is 9.59 Å². The van der Waals surface area contributed by atoms with Crippen molar-refractivity contribution in [3.05, 3.63) is 10.4 Å². The summed E-state index contributed by atoms with van der Waals surface area (Å²) in [5.41, 5.74) is 11.3. The molecule has 0 aliphatic heterocycles. The first-order valence-corrected chi connectivity index (χ1v) is 5.52. The summed E-state index contributed by atoms with van der Waals surface area (Å²) in [4.78, 5) is 23.0. The van der Waals surface area contributed by atoms with E-state index in [4.69, 9.17) is 11.5 Å². The zero-order valence-corrected chi connectivity index (χ0v) is 9.90. The van der Waals surface area contributed by atoms with Crippen LogP contribution < -0.4 is 22.1 Å². The quantitative estimate of drug-likeness (QED) is 0.605. The van der Waals surface area contributed by atoms with Crippen molar-refractivity contribution in [2.24, 2.45) is 5.73 Å². The summed E-state index contributed by atoms with van der Waals surface area (Å²) in [6.45, 7) is 2.49. The van der Waals surface area contributed by atoms with Crippen molar-refractivity contribution in [2.75, 3.05) is 24.6 Å². The Morgan fingerprint density at radius 1 is 1.44 bits per heavy atom. The number of carbonyl (C=O) groups excluding carboxylic acids is 2. The number of thiophene rings is 1. The molecule has 1 aromatic rings. The van der Waals surface area contributed by atoms with Gasteiger partial charge in [-0.2, -0.15) is 0 Å². The zero-order valence-electron chi connectivity index (χ0n) is 9.09. The molecule has 0 unspecified atom stereocenters. The van der Waals surface area contributed by atoms with E-state index < -0.39 is 5.91 Å². The van der Waals surface area contributed by atoms with E-state index in [1.54, 1.807) is 0 Å². The molecule has 6 N–H and O–H groups in total. The van der Waals surface area contributed by atoms with E-state index in [0.717, 1.165) is 11.3 Å². The van der Waals surface area contributed by atoms with Crippen LogP contribution in [0.4, 0.5) is 10.7 Å². The van der Waals surface area contributed by atoms with Crippen LogP contribution in [0.1, 0.15) is 27.0 Å². The van der Waals surface area contributed by atoms with Gasteiger partial charge < -0.3 is 22.1 Å². The molecule has 0 saturated heterocycles. The normalized spacial score (nSPS) is 9.88. The van der Waals surface area contributed by atoms with E-state index in [1.807, 2.05) is 6.92 Å². The second-order valence-corrected chi connectivity index (χ2v) is 4.04. The van der Waals surface area contributed by atoms with Gasteiger partial charge in [0.05, 0.1) is 11.3 Å². The molecule has 0 bridgehead atoms. The van der Waals surface area contributed by atoms with E-state index in [0.29, 0.717) is 16.4 Å². The number of nitrogens with two attached hydrogens (primary N) is 2. The minimum Gasteiger partial charge on any atom is -0.397 e. The van der Waals surface area contributed by atoms with Gasteiger partial charge in [0.25, 0.3) is 11.8 Å². The summed E-state index contributed by atoms with van der Waals surface area (Å²) in [6.07, 6.45) is 0. The number of amides is 2. The molecule has 1 aromatic heterocycles. The van der Waals surface area contributed by atoms with Gasteiger partial charge in [-0.25, -0.2) is 0 Å². The molecular formula is C9H14N4O2S. The fourth-order valence-corrected chi connectivity index (χ4v) is 2.40. The summed E-state index contributed by atoms with van der Waals surface area (Å²) < 4.78 is 0. The Hall–Kier alpha value is -1.76. The second-order valence-electron chi connectivity index (χ2n) is 3.02. The highest BCUT2D eigenvalue weighted by Crippen LogP contribution is 2.35. The molecule has 16 heavy (non-hydrogen) atoms. The fourth-order valence-electron chi connectivity index (χ4n) is 1.26. The van der Waals surface area contributed by atoms with Crippen molar-refractivity contribution in [2.45, 2.75) is 6.92 Å². The van der Waals surface area contributed by atoms with Gasteiger partial charge in [0.1, 0.15) is 9.88 Å². The first kappa shape index (κ1) is 12.3. The topological polar surface area (TPSA) is 110 Å². The Balaban J connectivity index is 3.29. The van der Waals surface area contributed by atoms with Gasteiger partial charge in [-0.15, -0.1) is 11.3 Å². The molecule has 0 fully saturated rings. The van der Waals surface area contributed by atoms with Crippen LogP contribution in [-0.4, -0.2) is 25.4 Å². The minimum absolute atomic E-state index is 0.132. The van der Waals surface area contributed by atoms with Crippen molar-refractivity contribution >= 4 is 33.8 Å². The lowest BCUT2D eigenvalue weighted by Crippen LogP contribution is -2.19. The first-order chi connectivity index (χ1) is 7.52. The number of rotatable bonds is 4. The van der Waals surface area contributed by atoms with Crippen LogP contribution >= 0.6 is 11.3 Å². The van der Waals surface area contributed by atoms with Crippen LogP contribution in [-0.2, 0) is 0 Å². The lowest BCUT2D eigenvalue weighted by atomic mass is 10.2. The summed E-state index contributed by atoms with van der Waals surface area (Å²) in [5.74, 6) is -0.964. The largest absolute Gasteiger partial charge is 0.397 e. The predicted octanol–water partition coefficient (Wildman–Crippen LogP) is 0.221. The van der Waals surface area contributed by atoms with Gasteiger partial charge in [-0.1, -0.05) is 0 Å². The number of hydrogen-bond donors (Lipinski definition) is 4. The van der Waals surface area contributed by atoms with Gasteiger partial charge >= 0.3 is 0 Å². The van der Waals surface area contributed by atoms with E-state index in [1.165, 1.54) is 7.05 Å². The molecule has 1 heterocycles. The third-order valence-electron chi connectivity index (χ3n) is 1.96. The maximum Gasteiger partial charge on any atom is 0.263 e. The number of nitrogen functional groups attached to an aromatic ring is 1. The number of primary amides is 1. The highest BCUT2D eigenvalue weighted by Gasteiger charge is 2.23. The molecule has 7 heteroatoms. The van der Waals surface area contributed by atoms with Crippen LogP contribution in [0.25, 0.3) is 0 Å². The first-order valence-electron chi connectivity index (χ1n) is 4.70. The van der Waals surface area contributed by atoms with Crippen LogP contribution in [0.3, 0.4) is 0 Å². The van der Waals surface area contributed by atoms with E-state index >= 15 is 0 Å². The molecule has 0 atom stereocenters. The highest BCUT2D eigenvalue weighted by atomic mass is 32.1. The SMILES string of the molecule is CCNc1sc(C(=O)NC)c(N)c1C(N)=O. The van der Waals surface area contributed by atoms with Crippen LogP contribution in [0, 0.1) is 0 Å². The van der Waals surface area contributed by atoms with Gasteiger partial charge in [0.15, 0.2) is 0 Å². The molecule has 0 radical (unpaired) electrons. The van der Waals surface area contributed by atoms with Gasteiger partial charge in [-0.05, 0) is 6.92 Å². The van der Waals surface area contributed by atoms with E-state index in [2.05, 4.69) is 10.6 Å². The van der Waals surface area contributed by atoms with Crippen molar-refractivity contribution in [1.29, 1.82) is 0 Å². The Morgan fingerprint density at radius 2 is 2.06 bits per heavy atom. The zero-order chi connectivity index (χ0) is 12.3. The Labute approximate surface area is 97.0 Å². The summed E-state index contributed by atoms with van der Waals surface area (Å²) in [5, 5.41) is 5.94. The van der Waals surface area contributed by atoms with Crippen molar-refractivity contribution < 1.29 is 9.59 Å². The Morgan fingerprint density at radius 3 is 2.50 bits per heavy atom. The van der Waals surface area contributed by atoms with Gasteiger partial charge in [0, 0.05) is 13.6 Å². The molecule has 0 aliphatic carbocycles. The van der Waals surface area contributed by atoms with Crippen molar-refractivity contribution in [3.8, 4) is 0 Å². The minimum atomic E-state index is -0.639. The van der Waals surface area contributed by atoms with Crippen LogP contribution in [0.15, 0.2) is 0 Å². The van der Waals surface area contributed by atoms with Crippen LogP contribution in [0.5, 0.6) is 0 Å². The lowest BCUT2D eigenvalue weighted by Gasteiger charge is -2.01. The molecule has 0 spiro atoms. The van der Waals surface area contributed by atoms with Crippen molar-refractivity contribution in [1.82, 2.24) is 5.32 Å². The Bertz CT molecular complexity index is 427. The standard InChI is InChI=1S/C9H14N4O2S/c1-3-13-9-4(7(11)14)5(10)6(16-9)8(15)12-2/h13H,3,10H2,1-2H3,(H2,11,14)(H,12,15). The average Bonchev–Trinajstić information content (AvgIpc) is 2.55. The molecule has 88 valence electrons. The van der Waals surface area contributed by atoms with Crippen LogP contribution in [0.2, 0.25) is 0 Å². The summed E-state index contributed by atoms with van der Waals surface area (Å²) in [7, 11) is 1.50. The summed E-state index contributed by atoms with van der Waals surface area (Å²) in [6, 6.07) is 0. The number of nitrogens with one attached hydrogen (secondary N) is 2. The average molecular weight is 242 g/mol. The molecule has 0 saturated carbocycles.